The molecule has 2 N–H and O–H groups in total. The minimum atomic E-state index is -1.62. The second kappa shape index (κ2) is 9.04. The lowest BCUT2D eigenvalue weighted by Gasteiger charge is -2.39. The molecule has 0 aromatic heterocycles. The number of esters is 2. The van der Waals surface area contributed by atoms with Crippen molar-refractivity contribution in [2.24, 2.45) is 35.5 Å². The lowest BCUT2D eigenvalue weighted by atomic mass is 9.62. The summed E-state index contributed by atoms with van der Waals surface area (Å²) in [4.78, 5) is 79.5. The standard InChI is InChI=1S/C28H28N2O8/c1-12-17-19-15(20-18(12)24(33)29-25(20)34)10-14(26(35)37-3)11-16(27(36)38-4)21(19)28(2,22(17)31)30-23(32)13-8-6-5-7-9-13/h5-9,11-12,15-16,18,20-21H,10H2,1-4H3,(H,30,32)(H,29,33,34)/t12-,15+,16+,18-,20+,21+,28-/m0/s1. The van der Waals surface area contributed by atoms with Crippen LogP contribution in [-0.4, -0.2) is 55.2 Å². The number of ketones is 1. The quantitative estimate of drug-likeness (QED) is 0.444. The number of hydrogen-bond donors (Lipinski definition) is 2. The van der Waals surface area contributed by atoms with Crippen LogP contribution in [0.3, 0.4) is 0 Å². The van der Waals surface area contributed by atoms with E-state index in [2.05, 4.69) is 10.6 Å². The highest BCUT2D eigenvalue weighted by molar-refractivity contribution is 6.14. The van der Waals surface area contributed by atoms with Crippen LogP contribution in [0.1, 0.15) is 30.6 Å². The van der Waals surface area contributed by atoms with Gasteiger partial charge in [0.25, 0.3) is 5.91 Å². The van der Waals surface area contributed by atoms with E-state index >= 15 is 0 Å². The maximum atomic E-state index is 14.2. The Morgan fingerprint density at radius 1 is 1.00 bits per heavy atom. The van der Waals surface area contributed by atoms with Gasteiger partial charge in [0.1, 0.15) is 5.54 Å². The van der Waals surface area contributed by atoms with Crippen molar-refractivity contribution >= 4 is 35.4 Å². The number of benzene rings is 1. The number of imide groups is 1. The zero-order chi connectivity index (χ0) is 27.5. The topological polar surface area (TPSA) is 145 Å². The third kappa shape index (κ3) is 3.53. The molecule has 3 aliphatic carbocycles. The zero-order valence-electron chi connectivity index (χ0n) is 21.4. The molecule has 0 spiro atoms. The van der Waals surface area contributed by atoms with Gasteiger partial charge in [-0.25, -0.2) is 4.79 Å². The molecule has 1 heterocycles. The summed E-state index contributed by atoms with van der Waals surface area (Å²) >= 11 is 0. The second-order valence-electron chi connectivity index (χ2n) is 10.4. The zero-order valence-corrected chi connectivity index (χ0v) is 21.4. The molecule has 0 saturated carbocycles. The number of carbonyl (C=O) groups excluding carboxylic acids is 6. The number of hydrogen-bond acceptors (Lipinski definition) is 8. The van der Waals surface area contributed by atoms with E-state index in [4.69, 9.17) is 9.47 Å². The van der Waals surface area contributed by atoms with Gasteiger partial charge in [-0.2, -0.15) is 0 Å². The number of methoxy groups -OCH3 is 2. The summed E-state index contributed by atoms with van der Waals surface area (Å²) in [5.74, 6) is -8.46. The van der Waals surface area contributed by atoms with Crippen LogP contribution in [0.5, 0.6) is 0 Å². The minimum Gasteiger partial charge on any atom is -0.469 e. The van der Waals surface area contributed by atoms with E-state index in [1.807, 2.05) is 0 Å². The molecule has 38 heavy (non-hydrogen) atoms. The van der Waals surface area contributed by atoms with E-state index in [1.54, 1.807) is 44.2 Å². The molecule has 0 radical (unpaired) electrons. The first kappa shape index (κ1) is 25.6. The van der Waals surface area contributed by atoms with Crippen molar-refractivity contribution in [3.05, 3.63) is 58.7 Å². The van der Waals surface area contributed by atoms with Crippen LogP contribution in [0.15, 0.2) is 53.1 Å². The van der Waals surface area contributed by atoms with Crippen molar-refractivity contribution in [1.82, 2.24) is 10.6 Å². The van der Waals surface area contributed by atoms with E-state index in [0.29, 0.717) is 16.7 Å². The Labute approximate surface area is 218 Å². The Morgan fingerprint density at radius 2 is 1.66 bits per heavy atom. The van der Waals surface area contributed by atoms with Crippen LogP contribution in [0.2, 0.25) is 0 Å². The molecule has 7 atom stereocenters. The molecule has 1 fully saturated rings. The summed E-state index contributed by atoms with van der Waals surface area (Å²) in [5, 5.41) is 5.25. The van der Waals surface area contributed by atoms with Crippen molar-refractivity contribution in [1.29, 1.82) is 0 Å². The third-order valence-corrected chi connectivity index (χ3v) is 8.56. The number of rotatable bonds is 4. The van der Waals surface area contributed by atoms with Gasteiger partial charge in [-0.1, -0.05) is 36.8 Å². The van der Waals surface area contributed by atoms with Crippen molar-refractivity contribution < 1.29 is 38.2 Å². The normalized spacial score (nSPS) is 33.5. The van der Waals surface area contributed by atoms with Gasteiger partial charge in [0, 0.05) is 22.6 Å². The van der Waals surface area contributed by atoms with Gasteiger partial charge in [0.15, 0.2) is 5.78 Å². The number of Topliss-reactive ketones (excluding diaryl/α,β-unsaturated/α-hetero) is 1. The molecule has 198 valence electrons. The third-order valence-electron chi connectivity index (χ3n) is 8.56. The fourth-order valence-electron chi connectivity index (χ4n) is 6.95. The molecule has 1 aromatic rings. The first-order valence-corrected chi connectivity index (χ1v) is 12.4. The van der Waals surface area contributed by atoms with Crippen molar-refractivity contribution in [3.63, 3.8) is 0 Å². The average Bonchev–Trinajstić information content (AvgIpc) is 3.24. The molecule has 1 saturated heterocycles. The summed E-state index contributed by atoms with van der Waals surface area (Å²) in [6.07, 6.45) is 1.41. The van der Waals surface area contributed by atoms with Gasteiger partial charge in [0.05, 0.1) is 32.0 Å². The van der Waals surface area contributed by atoms with Gasteiger partial charge >= 0.3 is 11.9 Å². The average molecular weight is 521 g/mol. The highest BCUT2D eigenvalue weighted by Gasteiger charge is 2.66. The van der Waals surface area contributed by atoms with Gasteiger partial charge in [-0.05, 0) is 37.3 Å². The van der Waals surface area contributed by atoms with E-state index < -0.39 is 76.5 Å². The SMILES string of the molecule is COC(=O)C1=C[C@@H](C(=O)OC)[C@@H]2C3=C(C(=O)[C@@]2(C)NC(=O)c2ccccc2)[C@H](C)[C@@H]2C(=O)NC(=O)[C@@H]2[C@@H]3C1. The van der Waals surface area contributed by atoms with Gasteiger partial charge in [0.2, 0.25) is 11.8 Å². The molecule has 1 aliphatic heterocycles. The lowest BCUT2D eigenvalue weighted by molar-refractivity contribution is -0.146. The van der Waals surface area contributed by atoms with Crippen LogP contribution in [-0.2, 0) is 33.4 Å². The summed E-state index contributed by atoms with van der Waals surface area (Å²) in [7, 11) is 2.41. The molecule has 10 heteroatoms. The number of carbonyl (C=O) groups is 6. The number of amides is 3. The molecule has 5 rings (SSSR count). The predicted octanol–water partition coefficient (Wildman–Crippen LogP) is 1.12. The van der Waals surface area contributed by atoms with E-state index in [0.717, 1.165) is 0 Å². The Hall–Kier alpha value is -4.08. The fraction of sp³-hybridized carbons (Fsp3) is 0.429. The smallest absolute Gasteiger partial charge is 0.333 e. The molecule has 10 nitrogen and oxygen atoms in total. The van der Waals surface area contributed by atoms with Crippen LogP contribution in [0, 0.1) is 35.5 Å². The number of fused-ring (bicyclic) bond motifs is 2. The number of ether oxygens (including phenoxy) is 2. The maximum Gasteiger partial charge on any atom is 0.333 e. The predicted molar refractivity (Wildman–Crippen MR) is 131 cm³/mol. The summed E-state index contributed by atoms with van der Waals surface area (Å²) in [6.45, 7) is 3.26. The van der Waals surface area contributed by atoms with Crippen molar-refractivity contribution in [2.45, 2.75) is 25.8 Å². The molecule has 0 bridgehead atoms. The second-order valence-corrected chi connectivity index (χ2v) is 10.4. The molecular formula is C28H28N2O8. The summed E-state index contributed by atoms with van der Waals surface area (Å²) in [5.41, 5.74) is -0.343. The molecular weight excluding hydrogens is 492 g/mol. The first-order chi connectivity index (χ1) is 18.0. The maximum absolute atomic E-state index is 14.2. The molecule has 3 amide bonds. The van der Waals surface area contributed by atoms with Crippen LogP contribution < -0.4 is 10.6 Å². The minimum absolute atomic E-state index is 0.0138. The van der Waals surface area contributed by atoms with E-state index in [9.17, 15) is 28.8 Å². The summed E-state index contributed by atoms with van der Waals surface area (Å²) in [6, 6.07) is 8.34. The Kier molecular flexibility index (Phi) is 6.08. The fourth-order valence-corrected chi connectivity index (χ4v) is 6.95. The van der Waals surface area contributed by atoms with Gasteiger partial charge in [-0.3, -0.25) is 29.3 Å². The largest absolute Gasteiger partial charge is 0.469 e. The molecule has 0 unspecified atom stereocenters. The van der Waals surface area contributed by atoms with Crippen LogP contribution >= 0.6 is 0 Å². The lowest BCUT2D eigenvalue weighted by Crippen LogP contribution is -2.57. The van der Waals surface area contributed by atoms with Crippen molar-refractivity contribution in [3.8, 4) is 0 Å². The Balaban J connectivity index is 1.73. The molecule has 4 aliphatic rings. The van der Waals surface area contributed by atoms with Crippen LogP contribution in [0.4, 0.5) is 0 Å². The highest BCUT2D eigenvalue weighted by Crippen LogP contribution is 2.59. The van der Waals surface area contributed by atoms with E-state index in [1.165, 1.54) is 20.3 Å². The number of nitrogens with one attached hydrogen (secondary N) is 2. The molecule has 1 aromatic carbocycles. The highest BCUT2D eigenvalue weighted by atomic mass is 16.5. The van der Waals surface area contributed by atoms with Gasteiger partial charge in [-0.15, -0.1) is 0 Å². The monoisotopic (exact) mass is 520 g/mol. The van der Waals surface area contributed by atoms with Crippen molar-refractivity contribution in [2.75, 3.05) is 14.2 Å². The Morgan fingerprint density at radius 3 is 2.29 bits per heavy atom. The van der Waals surface area contributed by atoms with Gasteiger partial charge < -0.3 is 14.8 Å². The Bertz CT molecular complexity index is 1350. The summed E-state index contributed by atoms with van der Waals surface area (Å²) < 4.78 is 10.1. The van der Waals surface area contributed by atoms with E-state index in [-0.39, 0.29) is 12.0 Å². The van der Waals surface area contributed by atoms with Crippen LogP contribution in [0.25, 0.3) is 0 Å². The first-order valence-electron chi connectivity index (χ1n) is 12.4.